The van der Waals surface area contributed by atoms with Crippen LogP contribution in [-0.4, -0.2) is 22.7 Å². The van der Waals surface area contributed by atoms with Gasteiger partial charge in [-0.3, -0.25) is 4.79 Å². The number of hydrogen-bond acceptors (Lipinski definition) is 3. The van der Waals surface area contributed by atoms with Crippen molar-refractivity contribution in [3.63, 3.8) is 0 Å². The maximum atomic E-state index is 12.1. The molecule has 0 bridgehead atoms. The van der Waals surface area contributed by atoms with Gasteiger partial charge in [0.2, 0.25) is 0 Å². The first-order valence-corrected chi connectivity index (χ1v) is 6.50. The largest absolute Gasteiger partial charge is 0.308 e. The lowest BCUT2D eigenvalue weighted by Crippen LogP contribution is -2.42. The van der Waals surface area contributed by atoms with Gasteiger partial charge in [-0.05, 0) is 31.5 Å². The maximum Gasteiger partial charge on any atom is 0.270 e. The monoisotopic (exact) mass is 245 g/mol. The van der Waals surface area contributed by atoms with E-state index in [0.717, 1.165) is 37.0 Å². The molecule has 0 aliphatic rings. The van der Waals surface area contributed by atoms with Gasteiger partial charge in [0.15, 0.2) is 5.65 Å². The first-order valence-electron chi connectivity index (χ1n) is 6.50. The molecule has 0 radical (unpaired) electrons. The molecule has 2 aromatic rings. The van der Waals surface area contributed by atoms with Gasteiger partial charge in [0, 0.05) is 30.7 Å². The van der Waals surface area contributed by atoms with Crippen LogP contribution in [-0.2, 0) is 0 Å². The van der Waals surface area contributed by atoms with Gasteiger partial charge < -0.3 is 5.01 Å². The molecule has 96 valence electrons. The third-order valence-corrected chi connectivity index (χ3v) is 3.05. The quantitative estimate of drug-likeness (QED) is 0.810. The van der Waals surface area contributed by atoms with Crippen LogP contribution in [0.3, 0.4) is 0 Å². The Morgan fingerprint density at radius 3 is 2.83 bits per heavy atom. The highest BCUT2D eigenvalue weighted by atomic mass is 16.1. The fraction of sp³-hybridized carbons (Fsp3) is 0.429. The molecular weight excluding hydrogens is 226 g/mol. The van der Waals surface area contributed by atoms with Gasteiger partial charge in [-0.15, -0.1) is 0 Å². The van der Waals surface area contributed by atoms with E-state index in [9.17, 15) is 4.79 Å². The van der Waals surface area contributed by atoms with E-state index >= 15 is 0 Å². The minimum Gasteiger partial charge on any atom is -0.308 e. The van der Waals surface area contributed by atoms with Gasteiger partial charge >= 0.3 is 0 Å². The number of aromatic nitrogens is 2. The van der Waals surface area contributed by atoms with E-state index in [-0.39, 0.29) is 5.56 Å². The summed E-state index contributed by atoms with van der Waals surface area (Å²) in [5.41, 5.74) is 0.724. The Labute approximate surface area is 107 Å². The molecule has 0 amide bonds. The Morgan fingerprint density at radius 2 is 2.11 bits per heavy atom. The van der Waals surface area contributed by atoms with Crippen molar-refractivity contribution in [2.75, 3.05) is 18.1 Å². The molecule has 0 unspecified atom stereocenters. The maximum absolute atomic E-state index is 12.1. The van der Waals surface area contributed by atoms with Crippen LogP contribution < -0.4 is 10.6 Å². The van der Waals surface area contributed by atoms with E-state index in [1.54, 1.807) is 16.9 Å². The molecule has 4 nitrogen and oxygen atoms in total. The van der Waals surface area contributed by atoms with Gasteiger partial charge in [0.25, 0.3) is 5.56 Å². The zero-order chi connectivity index (χ0) is 13.0. The fourth-order valence-corrected chi connectivity index (χ4v) is 2.07. The summed E-state index contributed by atoms with van der Waals surface area (Å²) < 4.78 is 1.70. The Hall–Kier alpha value is -1.84. The van der Waals surface area contributed by atoms with Crippen molar-refractivity contribution in [3.05, 3.63) is 40.8 Å². The van der Waals surface area contributed by atoms with Crippen molar-refractivity contribution < 1.29 is 0 Å². The molecule has 0 aliphatic carbocycles. The number of hydrogen-bond donors (Lipinski definition) is 0. The van der Waals surface area contributed by atoms with Crippen LogP contribution in [0.25, 0.3) is 11.0 Å². The third kappa shape index (κ3) is 2.37. The van der Waals surface area contributed by atoms with Crippen LogP contribution in [0.5, 0.6) is 0 Å². The second kappa shape index (κ2) is 5.67. The Morgan fingerprint density at radius 1 is 1.28 bits per heavy atom. The average molecular weight is 245 g/mol. The summed E-state index contributed by atoms with van der Waals surface area (Å²) in [6, 6.07) is 7.30. The lowest BCUT2D eigenvalue weighted by atomic mass is 10.3. The highest BCUT2D eigenvalue weighted by molar-refractivity contribution is 5.74. The molecule has 0 fully saturated rings. The molecule has 2 rings (SSSR count). The first-order chi connectivity index (χ1) is 8.77. The number of nitrogens with zero attached hydrogens (tertiary/aromatic N) is 3. The minimum absolute atomic E-state index is 0.0147. The molecule has 18 heavy (non-hydrogen) atoms. The minimum atomic E-state index is -0.0147. The Balaban J connectivity index is 2.53. The van der Waals surface area contributed by atoms with Crippen LogP contribution in [0, 0.1) is 0 Å². The summed E-state index contributed by atoms with van der Waals surface area (Å²) in [5.74, 6) is 0. The molecule has 0 saturated heterocycles. The Kier molecular flexibility index (Phi) is 3.97. The molecule has 2 aromatic heterocycles. The van der Waals surface area contributed by atoms with Crippen molar-refractivity contribution in [2.45, 2.75) is 26.7 Å². The van der Waals surface area contributed by atoms with Crippen LogP contribution >= 0.6 is 0 Å². The molecule has 0 aromatic carbocycles. The average Bonchev–Trinajstić information content (AvgIpc) is 2.41. The fourth-order valence-electron chi connectivity index (χ4n) is 2.07. The number of unbranched alkanes of at least 4 members (excludes halogenated alkanes) is 1. The van der Waals surface area contributed by atoms with Crippen LogP contribution in [0.4, 0.5) is 0 Å². The summed E-state index contributed by atoms with van der Waals surface area (Å²) in [6.45, 7) is 5.89. The molecule has 4 heteroatoms. The Bertz CT molecular complexity index is 577. The second-order valence-corrected chi connectivity index (χ2v) is 4.30. The standard InChI is InChI=1S/C14H19N3O/c1-3-5-11-16(4-2)17-13(18)9-8-12-7-6-10-15-14(12)17/h6-10H,3-5,11H2,1-2H3. The van der Waals surface area contributed by atoms with Crippen molar-refractivity contribution in [2.24, 2.45) is 0 Å². The zero-order valence-electron chi connectivity index (χ0n) is 11.0. The van der Waals surface area contributed by atoms with E-state index in [2.05, 4.69) is 23.8 Å². The SMILES string of the molecule is CCCCN(CC)n1c(=O)ccc2cccnc21. The predicted molar refractivity (Wildman–Crippen MR) is 74.5 cm³/mol. The van der Waals surface area contributed by atoms with Gasteiger partial charge in [0.05, 0.1) is 0 Å². The molecule has 0 saturated carbocycles. The molecule has 0 spiro atoms. The summed E-state index contributed by atoms with van der Waals surface area (Å²) in [6.07, 6.45) is 3.92. The predicted octanol–water partition coefficient (Wildman–Crippen LogP) is 2.15. The van der Waals surface area contributed by atoms with Crippen molar-refractivity contribution in [3.8, 4) is 0 Å². The highest BCUT2D eigenvalue weighted by Crippen LogP contribution is 2.08. The highest BCUT2D eigenvalue weighted by Gasteiger charge is 2.09. The summed E-state index contributed by atoms with van der Waals surface area (Å²) in [4.78, 5) is 16.4. The zero-order valence-corrected chi connectivity index (χ0v) is 11.0. The molecule has 2 heterocycles. The van der Waals surface area contributed by atoms with E-state index in [4.69, 9.17) is 0 Å². The lowest BCUT2D eigenvalue weighted by molar-refractivity contribution is 0.572. The first kappa shape index (κ1) is 12.6. The molecular formula is C14H19N3O. The van der Waals surface area contributed by atoms with Crippen LogP contribution in [0.2, 0.25) is 0 Å². The van der Waals surface area contributed by atoms with Crippen molar-refractivity contribution >= 4 is 11.0 Å². The van der Waals surface area contributed by atoms with E-state index in [1.165, 1.54) is 0 Å². The summed E-state index contributed by atoms with van der Waals surface area (Å²) in [5, 5.41) is 3.05. The second-order valence-electron chi connectivity index (χ2n) is 4.30. The van der Waals surface area contributed by atoms with Gasteiger partial charge in [-0.1, -0.05) is 13.3 Å². The number of fused-ring (bicyclic) bond motifs is 1. The molecule has 0 atom stereocenters. The normalized spacial score (nSPS) is 10.8. The smallest absolute Gasteiger partial charge is 0.270 e. The van der Waals surface area contributed by atoms with Crippen molar-refractivity contribution in [1.29, 1.82) is 0 Å². The lowest BCUT2D eigenvalue weighted by Gasteiger charge is -2.25. The van der Waals surface area contributed by atoms with Gasteiger partial charge in [-0.2, -0.15) is 0 Å². The molecule has 0 N–H and O–H groups in total. The van der Waals surface area contributed by atoms with Crippen LogP contribution in [0.15, 0.2) is 35.3 Å². The van der Waals surface area contributed by atoms with Crippen molar-refractivity contribution in [1.82, 2.24) is 9.66 Å². The summed E-state index contributed by atoms with van der Waals surface area (Å²) in [7, 11) is 0. The number of pyridine rings is 2. The topological polar surface area (TPSA) is 38.1 Å². The van der Waals surface area contributed by atoms with E-state index < -0.39 is 0 Å². The van der Waals surface area contributed by atoms with Crippen LogP contribution in [0.1, 0.15) is 26.7 Å². The molecule has 0 aliphatic heterocycles. The van der Waals surface area contributed by atoms with Gasteiger partial charge in [-0.25, -0.2) is 9.66 Å². The van der Waals surface area contributed by atoms with E-state index in [0.29, 0.717) is 0 Å². The number of rotatable bonds is 5. The van der Waals surface area contributed by atoms with Gasteiger partial charge in [0.1, 0.15) is 0 Å². The summed E-state index contributed by atoms with van der Waals surface area (Å²) >= 11 is 0. The van der Waals surface area contributed by atoms with E-state index in [1.807, 2.05) is 18.2 Å². The third-order valence-electron chi connectivity index (χ3n) is 3.05.